The molecule has 1 aromatic heterocycles. The second-order valence-electron chi connectivity index (χ2n) is 5.42. The van der Waals surface area contributed by atoms with Gasteiger partial charge in [0.2, 0.25) is 17.8 Å². The topological polar surface area (TPSA) is 66.4 Å². The summed E-state index contributed by atoms with van der Waals surface area (Å²) in [6.07, 6.45) is 0. The van der Waals surface area contributed by atoms with Gasteiger partial charge in [-0.3, -0.25) is 0 Å². The van der Waals surface area contributed by atoms with Gasteiger partial charge in [0.1, 0.15) is 0 Å². The number of morpholine rings is 1. The Kier molecular flexibility index (Phi) is 3.75. The molecule has 0 aliphatic carbocycles. The van der Waals surface area contributed by atoms with Gasteiger partial charge in [0.15, 0.2) is 0 Å². The molecular weight excluding hydrogens is 244 g/mol. The molecule has 1 aliphatic heterocycles. The average molecular weight is 266 g/mol. The van der Waals surface area contributed by atoms with Crippen molar-refractivity contribution in [2.75, 3.05) is 56.0 Å². The van der Waals surface area contributed by atoms with Gasteiger partial charge in [-0.15, -0.1) is 0 Å². The molecule has 0 spiro atoms. The van der Waals surface area contributed by atoms with E-state index >= 15 is 0 Å². The third kappa shape index (κ3) is 2.86. The highest BCUT2D eigenvalue weighted by Gasteiger charge is 2.33. The van der Waals surface area contributed by atoms with Crippen molar-refractivity contribution in [3.63, 3.8) is 0 Å². The molecule has 0 radical (unpaired) electrons. The van der Waals surface area contributed by atoms with Gasteiger partial charge in [-0.25, -0.2) is 0 Å². The minimum absolute atomic E-state index is 0.117. The number of ether oxygens (including phenoxy) is 1. The highest BCUT2D eigenvalue weighted by Crippen LogP contribution is 2.25. The highest BCUT2D eigenvalue weighted by molar-refractivity contribution is 5.46. The number of hydrogen-bond acceptors (Lipinski definition) is 7. The van der Waals surface area contributed by atoms with E-state index in [1.54, 1.807) is 0 Å². The van der Waals surface area contributed by atoms with Gasteiger partial charge in [0, 0.05) is 27.7 Å². The second-order valence-corrected chi connectivity index (χ2v) is 5.42. The van der Waals surface area contributed by atoms with Gasteiger partial charge in [-0.2, -0.15) is 15.0 Å². The first kappa shape index (κ1) is 13.8. The molecule has 1 aromatic rings. The fourth-order valence-corrected chi connectivity index (χ4v) is 2.02. The molecule has 0 bridgehead atoms. The summed E-state index contributed by atoms with van der Waals surface area (Å²) in [6, 6.07) is 0. The summed E-state index contributed by atoms with van der Waals surface area (Å²) in [5.41, 5.74) is -0.117. The summed E-state index contributed by atoms with van der Waals surface area (Å²) < 4.78 is 5.53. The molecule has 0 atom stereocenters. The average Bonchev–Trinajstić information content (AvgIpc) is 2.37. The third-order valence-corrected chi connectivity index (χ3v) is 3.12. The maximum Gasteiger partial charge on any atom is 0.232 e. The van der Waals surface area contributed by atoms with Crippen LogP contribution in [-0.4, -0.2) is 61.4 Å². The molecule has 106 valence electrons. The molecule has 1 N–H and O–H groups in total. The van der Waals surface area contributed by atoms with Crippen LogP contribution in [0.1, 0.15) is 13.8 Å². The van der Waals surface area contributed by atoms with Gasteiger partial charge >= 0.3 is 0 Å². The second kappa shape index (κ2) is 5.16. The first-order chi connectivity index (χ1) is 8.94. The molecular formula is C12H22N6O. The predicted octanol–water partition coefficient (Wildman–Crippen LogP) is 0.594. The Morgan fingerprint density at radius 1 is 1.26 bits per heavy atom. The number of nitrogens with one attached hydrogen (secondary N) is 1. The summed E-state index contributed by atoms with van der Waals surface area (Å²) in [7, 11) is 5.65. The molecule has 1 saturated heterocycles. The first-order valence-electron chi connectivity index (χ1n) is 6.40. The van der Waals surface area contributed by atoms with E-state index in [0.717, 1.165) is 6.54 Å². The lowest BCUT2D eigenvalue weighted by Gasteiger charge is -2.42. The Morgan fingerprint density at radius 3 is 2.58 bits per heavy atom. The van der Waals surface area contributed by atoms with Crippen molar-refractivity contribution in [3.8, 4) is 0 Å². The van der Waals surface area contributed by atoms with Gasteiger partial charge in [0.05, 0.1) is 18.8 Å². The number of hydrogen-bond donors (Lipinski definition) is 1. The normalized spacial score (nSPS) is 18.3. The first-order valence-corrected chi connectivity index (χ1v) is 6.40. The van der Waals surface area contributed by atoms with Crippen LogP contribution in [0, 0.1) is 0 Å². The number of aromatic nitrogens is 3. The lowest BCUT2D eigenvalue weighted by Crippen LogP contribution is -2.54. The van der Waals surface area contributed by atoms with E-state index in [4.69, 9.17) is 4.74 Å². The molecule has 0 amide bonds. The lowest BCUT2D eigenvalue weighted by molar-refractivity contribution is 0.0634. The van der Waals surface area contributed by atoms with E-state index in [-0.39, 0.29) is 5.54 Å². The maximum absolute atomic E-state index is 5.53. The zero-order valence-electron chi connectivity index (χ0n) is 12.3. The van der Waals surface area contributed by atoms with E-state index in [1.165, 1.54) is 0 Å². The molecule has 7 heteroatoms. The molecule has 1 fully saturated rings. The van der Waals surface area contributed by atoms with Crippen LogP contribution in [0.2, 0.25) is 0 Å². The minimum atomic E-state index is -0.117. The summed E-state index contributed by atoms with van der Waals surface area (Å²) >= 11 is 0. The van der Waals surface area contributed by atoms with E-state index < -0.39 is 0 Å². The largest absolute Gasteiger partial charge is 0.377 e. The van der Waals surface area contributed by atoms with E-state index in [9.17, 15) is 0 Å². The van der Waals surface area contributed by atoms with E-state index in [2.05, 4.69) is 39.0 Å². The Labute approximate surface area is 114 Å². The van der Waals surface area contributed by atoms with Crippen LogP contribution in [-0.2, 0) is 4.74 Å². The highest BCUT2D eigenvalue weighted by atomic mass is 16.5. The fraction of sp³-hybridized carbons (Fsp3) is 0.750. The monoisotopic (exact) mass is 266 g/mol. The molecule has 2 rings (SSSR count). The third-order valence-electron chi connectivity index (χ3n) is 3.12. The Bertz CT molecular complexity index is 448. The lowest BCUT2D eigenvalue weighted by atomic mass is 10.0. The van der Waals surface area contributed by atoms with Crippen molar-refractivity contribution in [2.45, 2.75) is 19.4 Å². The summed E-state index contributed by atoms with van der Waals surface area (Å²) in [5, 5.41) is 2.98. The van der Waals surface area contributed by atoms with Crippen molar-refractivity contribution in [2.24, 2.45) is 0 Å². The van der Waals surface area contributed by atoms with Crippen LogP contribution in [0.3, 0.4) is 0 Å². The van der Waals surface area contributed by atoms with Crippen LogP contribution in [0.4, 0.5) is 17.8 Å². The summed E-state index contributed by atoms with van der Waals surface area (Å²) in [6.45, 7) is 6.41. The van der Waals surface area contributed by atoms with E-state index in [1.807, 2.05) is 26.0 Å². The molecule has 2 heterocycles. The fourth-order valence-electron chi connectivity index (χ4n) is 2.02. The molecule has 19 heavy (non-hydrogen) atoms. The van der Waals surface area contributed by atoms with Crippen LogP contribution in [0.5, 0.6) is 0 Å². The standard InChI is InChI=1S/C12H22N6O/c1-12(2)8-19-7-6-18(12)11-15-9(13-3)14-10(16-11)17(4)5/h6-8H2,1-5H3,(H,13,14,15,16). The Morgan fingerprint density at radius 2 is 2.00 bits per heavy atom. The molecule has 1 aliphatic rings. The quantitative estimate of drug-likeness (QED) is 0.859. The Balaban J connectivity index is 2.40. The van der Waals surface area contributed by atoms with Crippen LogP contribution in [0.15, 0.2) is 0 Å². The predicted molar refractivity (Wildman–Crippen MR) is 75.9 cm³/mol. The number of rotatable bonds is 3. The van der Waals surface area contributed by atoms with Crippen LogP contribution in [0.25, 0.3) is 0 Å². The molecule has 0 aromatic carbocycles. The van der Waals surface area contributed by atoms with Crippen LogP contribution >= 0.6 is 0 Å². The van der Waals surface area contributed by atoms with Gasteiger partial charge in [-0.05, 0) is 13.8 Å². The molecule has 0 saturated carbocycles. The van der Waals surface area contributed by atoms with Crippen molar-refractivity contribution < 1.29 is 4.74 Å². The number of anilines is 3. The smallest absolute Gasteiger partial charge is 0.232 e. The zero-order chi connectivity index (χ0) is 14.0. The van der Waals surface area contributed by atoms with Crippen molar-refractivity contribution >= 4 is 17.8 Å². The summed E-state index contributed by atoms with van der Waals surface area (Å²) in [4.78, 5) is 17.4. The zero-order valence-corrected chi connectivity index (χ0v) is 12.3. The van der Waals surface area contributed by atoms with Crippen molar-refractivity contribution in [1.29, 1.82) is 0 Å². The van der Waals surface area contributed by atoms with Gasteiger partial charge in [-0.1, -0.05) is 0 Å². The van der Waals surface area contributed by atoms with Gasteiger partial charge < -0.3 is 19.9 Å². The summed E-state index contributed by atoms with van der Waals surface area (Å²) in [5.74, 6) is 1.92. The SMILES string of the molecule is CNc1nc(N(C)C)nc(N2CCOCC2(C)C)n1. The molecule has 0 unspecified atom stereocenters. The maximum atomic E-state index is 5.53. The Hall–Kier alpha value is -1.63. The van der Waals surface area contributed by atoms with Gasteiger partial charge in [0.25, 0.3) is 0 Å². The number of nitrogens with zero attached hydrogens (tertiary/aromatic N) is 5. The van der Waals surface area contributed by atoms with Crippen molar-refractivity contribution in [3.05, 3.63) is 0 Å². The molecule has 7 nitrogen and oxygen atoms in total. The van der Waals surface area contributed by atoms with E-state index in [0.29, 0.717) is 31.1 Å². The minimum Gasteiger partial charge on any atom is -0.377 e. The van der Waals surface area contributed by atoms with Crippen molar-refractivity contribution in [1.82, 2.24) is 15.0 Å². The van der Waals surface area contributed by atoms with Crippen LogP contribution < -0.4 is 15.1 Å².